The van der Waals surface area contributed by atoms with Gasteiger partial charge in [-0.25, -0.2) is 14.3 Å². The molecule has 3 N–H and O–H groups in total. The first-order chi connectivity index (χ1) is 14.7. The molecule has 0 saturated heterocycles. The van der Waals surface area contributed by atoms with Crippen LogP contribution in [-0.4, -0.2) is 75.3 Å². The Balaban J connectivity index is 0.000000512. The van der Waals surface area contributed by atoms with Crippen LogP contribution < -0.4 is 10.1 Å². The summed E-state index contributed by atoms with van der Waals surface area (Å²) in [6, 6.07) is 8.12. The number of anilines is 1. The third-order valence-electron chi connectivity index (χ3n) is 3.52. The van der Waals surface area contributed by atoms with Gasteiger partial charge >= 0.3 is 11.9 Å². The van der Waals surface area contributed by atoms with E-state index >= 15 is 0 Å². The summed E-state index contributed by atoms with van der Waals surface area (Å²) in [7, 11) is 5.83. The molecule has 2 rings (SSSR count). The topological polar surface area (TPSA) is 147 Å². The molecule has 168 valence electrons. The van der Waals surface area contributed by atoms with Crippen LogP contribution in [0.15, 0.2) is 36.4 Å². The van der Waals surface area contributed by atoms with E-state index in [0.29, 0.717) is 37.5 Å². The normalized spacial score (nSPS) is 10.5. The summed E-state index contributed by atoms with van der Waals surface area (Å²) in [5.74, 6) is -0.866. The summed E-state index contributed by atoms with van der Waals surface area (Å²) in [5.41, 5.74) is 1.23. The largest absolute Gasteiger partial charge is 0.494 e. The maximum absolute atomic E-state index is 10.6. The predicted octanol–water partition coefficient (Wildman–Crippen LogP) is 1.28. The van der Waals surface area contributed by atoms with E-state index in [2.05, 4.69) is 32.4 Å². The molecule has 0 unspecified atom stereocenters. The monoisotopic (exact) mass is 433 g/mol. The van der Waals surface area contributed by atoms with E-state index in [4.69, 9.17) is 14.9 Å². The number of nitrogens with one attached hydrogen (secondary N) is 1. The van der Waals surface area contributed by atoms with E-state index in [9.17, 15) is 14.4 Å². The smallest absolute Gasteiger partial charge is 0.328 e. The Morgan fingerprint density at radius 1 is 1.23 bits per heavy atom. The van der Waals surface area contributed by atoms with E-state index in [0.717, 1.165) is 18.7 Å². The van der Waals surface area contributed by atoms with Gasteiger partial charge in [-0.2, -0.15) is 4.98 Å². The molecule has 31 heavy (non-hydrogen) atoms. The molecule has 11 nitrogen and oxygen atoms in total. The molecule has 0 bridgehead atoms. The van der Waals surface area contributed by atoms with Gasteiger partial charge in [0.05, 0.1) is 6.61 Å². The lowest BCUT2D eigenvalue weighted by molar-refractivity contribution is -0.134. The minimum Gasteiger partial charge on any atom is -0.494 e. The number of nitrogens with zero attached hydrogens (tertiary/aromatic N) is 4. The molecule has 0 radical (unpaired) electrons. The molecule has 0 amide bonds. The Labute approximate surface area is 180 Å². The van der Waals surface area contributed by atoms with Gasteiger partial charge < -0.3 is 25.2 Å². The number of hydrogen-bond donors (Lipinski definition) is 3. The second-order valence-electron chi connectivity index (χ2n) is 6.56. The standard InChI is InChI=1S/C16H23N5O2.C4H4O4/c1-20(2)11-13-6-4-7-14(10-13)23-9-5-8-17-16-18-15(12-22)19-21(16)3;5-3(6)1-2-4(7)8/h4,6-7,10,12H,5,8-9,11H2,1-3H3,(H,17,18,19);1-2H,(H,5,6)(H,7,8)/b;2-1+. The first kappa shape index (κ1) is 25.3. The number of benzene rings is 1. The maximum Gasteiger partial charge on any atom is 0.328 e. The zero-order chi connectivity index (χ0) is 23.2. The molecule has 1 aromatic carbocycles. The fraction of sp³-hybridized carbons (Fsp3) is 0.350. The van der Waals surface area contributed by atoms with Gasteiger partial charge in [-0.1, -0.05) is 12.1 Å². The van der Waals surface area contributed by atoms with Gasteiger partial charge in [0.25, 0.3) is 0 Å². The van der Waals surface area contributed by atoms with Crippen LogP contribution in [0, 0.1) is 0 Å². The zero-order valence-corrected chi connectivity index (χ0v) is 17.7. The number of hydrogen-bond acceptors (Lipinski definition) is 8. The highest BCUT2D eigenvalue weighted by atomic mass is 16.5. The molecule has 0 saturated carbocycles. The summed E-state index contributed by atoms with van der Waals surface area (Å²) in [4.78, 5) is 35.9. The molecule has 2 aromatic rings. The number of aromatic nitrogens is 3. The Morgan fingerprint density at radius 3 is 2.45 bits per heavy atom. The molecule has 0 atom stereocenters. The second-order valence-corrected chi connectivity index (χ2v) is 6.56. The van der Waals surface area contributed by atoms with Gasteiger partial charge in [-0.3, -0.25) is 4.79 Å². The Hall–Kier alpha value is -3.73. The summed E-state index contributed by atoms with van der Waals surface area (Å²) in [5, 5.41) is 22.7. The Morgan fingerprint density at radius 2 is 1.90 bits per heavy atom. The summed E-state index contributed by atoms with van der Waals surface area (Å²) < 4.78 is 7.32. The van der Waals surface area contributed by atoms with Crippen molar-refractivity contribution in [1.29, 1.82) is 0 Å². The number of carboxylic acid groups (broad SMARTS) is 2. The molecule has 0 fully saturated rings. The van der Waals surface area contributed by atoms with Gasteiger partial charge in [0.1, 0.15) is 5.75 Å². The van der Waals surface area contributed by atoms with Crippen molar-refractivity contribution < 1.29 is 29.3 Å². The van der Waals surface area contributed by atoms with Crippen LogP contribution in [0.2, 0.25) is 0 Å². The first-order valence-electron chi connectivity index (χ1n) is 9.31. The molecule has 11 heteroatoms. The third-order valence-corrected chi connectivity index (χ3v) is 3.52. The number of aldehydes is 1. The van der Waals surface area contributed by atoms with Crippen molar-refractivity contribution in [2.75, 3.05) is 32.6 Å². The minimum absolute atomic E-state index is 0.184. The number of rotatable bonds is 11. The van der Waals surface area contributed by atoms with Crippen LogP contribution >= 0.6 is 0 Å². The fourth-order valence-corrected chi connectivity index (χ4v) is 2.31. The van der Waals surface area contributed by atoms with Gasteiger partial charge in [0.2, 0.25) is 11.8 Å². The van der Waals surface area contributed by atoms with Crippen LogP contribution in [0.3, 0.4) is 0 Å². The van der Waals surface area contributed by atoms with Crippen molar-refractivity contribution in [1.82, 2.24) is 19.7 Å². The van der Waals surface area contributed by atoms with E-state index in [1.165, 1.54) is 5.56 Å². The van der Waals surface area contributed by atoms with Crippen molar-refractivity contribution >= 4 is 24.2 Å². The molecule has 0 aliphatic heterocycles. The molecule has 0 spiro atoms. The van der Waals surface area contributed by atoms with Gasteiger partial charge in [0.15, 0.2) is 6.29 Å². The molecular formula is C20H27N5O6. The highest BCUT2D eigenvalue weighted by Crippen LogP contribution is 2.14. The van der Waals surface area contributed by atoms with Crippen molar-refractivity contribution in [2.24, 2.45) is 7.05 Å². The molecular weight excluding hydrogens is 406 g/mol. The highest BCUT2D eigenvalue weighted by molar-refractivity contribution is 5.89. The first-order valence-corrected chi connectivity index (χ1v) is 9.31. The van der Waals surface area contributed by atoms with E-state index in [-0.39, 0.29) is 5.82 Å². The summed E-state index contributed by atoms with van der Waals surface area (Å²) in [6.07, 6.45) is 2.57. The third kappa shape index (κ3) is 11.1. The number of ether oxygens (including phenoxy) is 1. The molecule has 1 heterocycles. The van der Waals surface area contributed by atoms with E-state index in [1.54, 1.807) is 11.7 Å². The second kappa shape index (κ2) is 13.5. The quantitative estimate of drug-likeness (QED) is 0.269. The average molecular weight is 433 g/mol. The summed E-state index contributed by atoms with van der Waals surface area (Å²) >= 11 is 0. The molecule has 1 aromatic heterocycles. The Bertz CT molecular complexity index is 878. The van der Waals surface area contributed by atoms with Crippen LogP contribution in [0.1, 0.15) is 22.6 Å². The van der Waals surface area contributed by atoms with Crippen molar-refractivity contribution in [3.05, 3.63) is 47.8 Å². The number of carbonyl (C=O) groups is 3. The zero-order valence-electron chi connectivity index (χ0n) is 17.7. The van der Waals surface area contributed by atoms with Gasteiger partial charge in [0, 0.05) is 32.3 Å². The number of aryl methyl sites for hydroxylation is 1. The maximum atomic E-state index is 10.6. The Kier molecular flexibility index (Phi) is 11.0. The van der Waals surface area contributed by atoms with Crippen LogP contribution in [0.5, 0.6) is 5.75 Å². The fourth-order valence-electron chi connectivity index (χ4n) is 2.31. The molecule has 0 aliphatic carbocycles. The number of aliphatic carboxylic acids is 2. The predicted molar refractivity (Wildman–Crippen MR) is 113 cm³/mol. The van der Waals surface area contributed by atoms with Crippen molar-refractivity contribution in [3.63, 3.8) is 0 Å². The number of carboxylic acids is 2. The summed E-state index contributed by atoms with van der Waals surface area (Å²) in [6.45, 7) is 2.20. The van der Waals surface area contributed by atoms with Gasteiger partial charge in [-0.15, -0.1) is 5.10 Å². The minimum atomic E-state index is -1.26. The van der Waals surface area contributed by atoms with E-state index < -0.39 is 11.9 Å². The lowest BCUT2D eigenvalue weighted by atomic mass is 10.2. The highest BCUT2D eigenvalue weighted by Gasteiger charge is 2.05. The van der Waals surface area contributed by atoms with Gasteiger partial charge in [-0.05, 0) is 38.2 Å². The lowest BCUT2D eigenvalue weighted by Crippen LogP contribution is -2.11. The SMILES string of the molecule is CN(C)Cc1cccc(OCCCNc2nc(C=O)nn2C)c1.O=C(O)/C=C/C(=O)O. The van der Waals surface area contributed by atoms with Crippen molar-refractivity contribution in [3.8, 4) is 5.75 Å². The lowest BCUT2D eigenvalue weighted by Gasteiger charge is -2.12. The average Bonchev–Trinajstić information content (AvgIpc) is 3.06. The van der Waals surface area contributed by atoms with Crippen LogP contribution in [0.25, 0.3) is 0 Å². The van der Waals surface area contributed by atoms with Crippen LogP contribution in [-0.2, 0) is 23.2 Å². The number of carbonyl (C=O) groups excluding carboxylic acids is 1. The van der Waals surface area contributed by atoms with Crippen LogP contribution in [0.4, 0.5) is 5.95 Å². The molecule has 0 aliphatic rings. The van der Waals surface area contributed by atoms with E-state index in [1.807, 2.05) is 26.2 Å². The van der Waals surface area contributed by atoms with Crippen molar-refractivity contribution in [2.45, 2.75) is 13.0 Å².